The molecule has 1 heterocycles. The van der Waals surface area contributed by atoms with Crippen LogP contribution in [0.15, 0.2) is 59.6 Å². The highest BCUT2D eigenvalue weighted by Crippen LogP contribution is 2.27. The fourth-order valence-electron chi connectivity index (χ4n) is 2.57. The Hall–Kier alpha value is -1.56. The Morgan fingerprint density at radius 1 is 1.24 bits per heavy atom. The number of thiocarbonyl (C=S) groups is 1. The monoisotopic (exact) mass is 389 g/mol. The zero-order chi connectivity index (χ0) is 17.6. The number of benzene rings is 2. The molecule has 1 atom stereocenters. The van der Waals surface area contributed by atoms with Crippen molar-refractivity contribution in [2.45, 2.75) is 19.4 Å². The number of hydrogen-bond donors (Lipinski definition) is 1. The topological polar surface area (TPSA) is 27.6 Å². The zero-order valence-corrected chi connectivity index (χ0v) is 16.4. The molecule has 0 unspecified atom stereocenters. The van der Waals surface area contributed by atoms with Crippen molar-refractivity contribution in [3.63, 3.8) is 0 Å². The number of halogens is 1. The summed E-state index contributed by atoms with van der Waals surface area (Å²) in [5.41, 5.74) is 2.19. The number of nitrogens with one attached hydrogen (secondary N) is 1. The van der Waals surface area contributed by atoms with Crippen LogP contribution in [0.3, 0.4) is 0 Å². The lowest BCUT2D eigenvalue weighted by atomic mass is 10.1. The summed E-state index contributed by atoms with van der Waals surface area (Å²) in [7, 11) is 0. The lowest BCUT2D eigenvalue weighted by molar-refractivity contribution is 0.518. The minimum absolute atomic E-state index is 0.327. The van der Waals surface area contributed by atoms with E-state index >= 15 is 0 Å². The highest BCUT2D eigenvalue weighted by atomic mass is 35.5. The Balaban J connectivity index is 1.63. The fraction of sp³-hybridized carbons (Fsp3) is 0.263. The molecule has 1 aliphatic rings. The molecule has 1 aliphatic heterocycles. The van der Waals surface area contributed by atoms with Gasteiger partial charge in [-0.25, -0.2) is 4.99 Å². The van der Waals surface area contributed by atoms with Gasteiger partial charge in [-0.15, -0.1) is 0 Å². The maximum absolute atomic E-state index is 5.94. The quantitative estimate of drug-likeness (QED) is 0.754. The first kappa shape index (κ1) is 18.2. The molecule has 0 radical (unpaired) electrons. The lowest BCUT2D eigenvalue weighted by Gasteiger charge is -2.24. The molecule has 0 bridgehead atoms. The average Bonchev–Trinajstić information content (AvgIpc) is 2.98. The summed E-state index contributed by atoms with van der Waals surface area (Å²) in [6.45, 7) is 2.98. The minimum atomic E-state index is 0.327. The van der Waals surface area contributed by atoms with Gasteiger partial charge in [0, 0.05) is 23.4 Å². The van der Waals surface area contributed by atoms with Crippen molar-refractivity contribution in [3.05, 3.63) is 65.2 Å². The van der Waals surface area contributed by atoms with Crippen molar-refractivity contribution in [2.24, 2.45) is 4.99 Å². The van der Waals surface area contributed by atoms with Crippen molar-refractivity contribution in [1.82, 2.24) is 10.2 Å². The van der Waals surface area contributed by atoms with Gasteiger partial charge in [0.1, 0.15) is 0 Å². The summed E-state index contributed by atoms with van der Waals surface area (Å²) in [6, 6.07) is 18.3. The molecule has 1 N–H and O–H groups in total. The van der Waals surface area contributed by atoms with Crippen LogP contribution in [0.2, 0.25) is 5.02 Å². The van der Waals surface area contributed by atoms with Crippen LogP contribution in [-0.2, 0) is 6.42 Å². The summed E-state index contributed by atoms with van der Waals surface area (Å²) in [4.78, 5) is 6.85. The van der Waals surface area contributed by atoms with E-state index in [2.05, 4.69) is 41.4 Å². The van der Waals surface area contributed by atoms with Crippen molar-refractivity contribution in [1.29, 1.82) is 0 Å². The molecule has 0 aromatic heterocycles. The zero-order valence-electron chi connectivity index (χ0n) is 14.0. The molecule has 25 heavy (non-hydrogen) atoms. The van der Waals surface area contributed by atoms with Gasteiger partial charge in [-0.3, -0.25) is 4.90 Å². The molecule has 2 aromatic rings. The molecule has 3 rings (SSSR count). The first-order valence-corrected chi connectivity index (χ1v) is 9.99. The van der Waals surface area contributed by atoms with Gasteiger partial charge in [-0.05, 0) is 55.4 Å². The van der Waals surface area contributed by atoms with Gasteiger partial charge in [0.05, 0.1) is 5.69 Å². The van der Waals surface area contributed by atoms with Crippen LogP contribution in [0, 0.1) is 0 Å². The second-order valence-corrected chi connectivity index (χ2v) is 7.68. The normalized spacial score (nSPS) is 18.6. The number of nitrogens with zero attached hydrogens (tertiary/aromatic N) is 2. The first-order chi connectivity index (χ1) is 12.1. The third kappa shape index (κ3) is 4.97. The summed E-state index contributed by atoms with van der Waals surface area (Å²) < 4.78 is 0. The number of rotatable bonds is 4. The number of thioether (sulfide) groups is 1. The smallest absolute Gasteiger partial charge is 0.175 e. The molecule has 3 nitrogen and oxygen atoms in total. The van der Waals surface area contributed by atoms with Crippen molar-refractivity contribution >= 4 is 51.5 Å². The lowest BCUT2D eigenvalue weighted by Crippen LogP contribution is -2.44. The first-order valence-electron chi connectivity index (χ1n) is 8.21. The van der Waals surface area contributed by atoms with Gasteiger partial charge in [0.15, 0.2) is 10.3 Å². The maximum atomic E-state index is 5.94. The van der Waals surface area contributed by atoms with Crippen LogP contribution in [0.4, 0.5) is 5.69 Å². The molecular formula is C19H20ClN3S2. The Morgan fingerprint density at radius 3 is 2.68 bits per heavy atom. The van der Waals surface area contributed by atoms with Gasteiger partial charge < -0.3 is 5.32 Å². The highest BCUT2D eigenvalue weighted by molar-refractivity contribution is 8.14. The highest BCUT2D eigenvalue weighted by Gasteiger charge is 2.29. The van der Waals surface area contributed by atoms with Crippen LogP contribution >= 0.6 is 35.6 Å². The van der Waals surface area contributed by atoms with Crippen molar-refractivity contribution in [3.8, 4) is 0 Å². The third-order valence-electron chi connectivity index (χ3n) is 3.90. The number of hydrogen-bond acceptors (Lipinski definition) is 3. The van der Waals surface area contributed by atoms with E-state index in [-0.39, 0.29) is 0 Å². The summed E-state index contributed by atoms with van der Waals surface area (Å²) in [5, 5.41) is 5.76. The second-order valence-electron chi connectivity index (χ2n) is 5.87. The molecule has 6 heteroatoms. The van der Waals surface area contributed by atoms with E-state index in [0.29, 0.717) is 11.1 Å². The van der Waals surface area contributed by atoms with E-state index in [0.717, 1.165) is 34.7 Å². The predicted octanol–water partition coefficient (Wildman–Crippen LogP) is 4.88. The predicted molar refractivity (Wildman–Crippen MR) is 113 cm³/mol. The van der Waals surface area contributed by atoms with Crippen LogP contribution in [0.1, 0.15) is 12.5 Å². The minimum Gasteiger partial charge on any atom is -0.362 e. The molecule has 0 spiro atoms. The van der Waals surface area contributed by atoms with E-state index in [1.165, 1.54) is 5.56 Å². The molecule has 2 aromatic carbocycles. The Labute approximate surface area is 163 Å². The molecule has 0 saturated carbocycles. The van der Waals surface area contributed by atoms with Gasteiger partial charge in [0.2, 0.25) is 0 Å². The molecule has 1 fully saturated rings. The standard InChI is InChI=1S/C19H20ClN3S2/c1-14-13-25-19(22-17-9-7-16(20)8-10-17)23(14)18(24)21-12-11-15-5-3-2-4-6-15/h2-10,14H,11-13H2,1H3,(H,21,24)/t14-/m1/s1. The average molecular weight is 390 g/mol. The Bertz CT molecular complexity index is 747. The molecule has 0 amide bonds. The Morgan fingerprint density at radius 2 is 1.96 bits per heavy atom. The summed E-state index contributed by atoms with van der Waals surface area (Å²) >= 11 is 13.3. The summed E-state index contributed by atoms with van der Waals surface area (Å²) in [5.74, 6) is 0.979. The fourth-order valence-corrected chi connectivity index (χ4v) is 4.24. The maximum Gasteiger partial charge on any atom is 0.175 e. The third-order valence-corrected chi connectivity index (χ3v) is 5.69. The number of amidine groups is 1. The van der Waals surface area contributed by atoms with Crippen molar-refractivity contribution in [2.75, 3.05) is 12.3 Å². The largest absolute Gasteiger partial charge is 0.362 e. The van der Waals surface area contributed by atoms with Crippen LogP contribution in [0.5, 0.6) is 0 Å². The van der Waals surface area contributed by atoms with Crippen LogP contribution in [0.25, 0.3) is 0 Å². The van der Waals surface area contributed by atoms with Gasteiger partial charge in [-0.2, -0.15) is 0 Å². The van der Waals surface area contributed by atoms with E-state index in [1.54, 1.807) is 11.8 Å². The van der Waals surface area contributed by atoms with Gasteiger partial charge in [0.25, 0.3) is 0 Å². The van der Waals surface area contributed by atoms with Crippen LogP contribution < -0.4 is 5.32 Å². The molecule has 0 aliphatic carbocycles. The number of aliphatic imine (C=N–C) groups is 1. The molecular weight excluding hydrogens is 370 g/mol. The molecule has 1 saturated heterocycles. The van der Waals surface area contributed by atoms with Crippen molar-refractivity contribution < 1.29 is 0 Å². The second kappa shape index (κ2) is 8.70. The van der Waals surface area contributed by atoms with E-state index in [4.69, 9.17) is 28.8 Å². The Kier molecular flexibility index (Phi) is 6.34. The molecule has 130 valence electrons. The van der Waals surface area contributed by atoms with Gasteiger partial charge >= 0.3 is 0 Å². The van der Waals surface area contributed by atoms with E-state index < -0.39 is 0 Å². The van der Waals surface area contributed by atoms with E-state index in [9.17, 15) is 0 Å². The van der Waals surface area contributed by atoms with Crippen LogP contribution in [-0.4, -0.2) is 33.5 Å². The summed E-state index contributed by atoms with van der Waals surface area (Å²) in [6.07, 6.45) is 0.944. The SMILES string of the molecule is C[C@@H]1CSC(=Nc2ccc(Cl)cc2)N1C(=S)NCCc1ccccc1. The van der Waals surface area contributed by atoms with E-state index in [1.807, 2.05) is 30.3 Å². The van der Waals surface area contributed by atoms with Gasteiger partial charge in [-0.1, -0.05) is 53.7 Å².